The third-order valence-electron chi connectivity index (χ3n) is 3.74. The highest BCUT2D eigenvalue weighted by Crippen LogP contribution is 2.32. The minimum atomic E-state index is -0.811. The van der Waals surface area contributed by atoms with Crippen LogP contribution in [0.15, 0.2) is 33.6 Å². The number of primary amides is 1. The molecule has 0 fully saturated rings. The summed E-state index contributed by atoms with van der Waals surface area (Å²) in [6.07, 6.45) is 5.15. The zero-order valence-corrected chi connectivity index (χ0v) is 13.7. The van der Waals surface area contributed by atoms with Crippen LogP contribution in [0.5, 0.6) is 0 Å². The molecule has 126 valence electrons. The zero-order chi connectivity index (χ0) is 17.1. The van der Waals surface area contributed by atoms with Gasteiger partial charge in [0.15, 0.2) is 0 Å². The fourth-order valence-electron chi connectivity index (χ4n) is 2.64. The average Bonchev–Trinajstić information content (AvgIpc) is 3.16. The van der Waals surface area contributed by atoms with Crippen LogP contribution in [-0.2, 0) is 4.79 Å². The molecule has 0 aliphatic carbocycles. The largest absolute Gasteiger partial charge is 0.449 e. The van der Waals surface area contributed by atoms with Crippen molar-refractivity contribution >= 4 is 40.2 Å². The first-order valence-corrected chi connectivity index (χ1v) is 8.66. The number of anilines is 1. The van der Waals surface area contributed by atoms with Crippen molar-refractivity contribution < 1.29 is 18.4 Å². The summed E-state index contributed by atoms with van der Waals surface area (Å²) in [6.45, 7) is 0. The van der Waals surface area contributed by atoms with Crippen molar-refractivity contribution in [2.45, 2.75) is 25.7 Å². The molecular weight excluding hydrogens is 331 g/mol. The van der Waals surface area contributed by atoms with Crippen molar-refractivity contribution in [3.05, 3.63) is 40.8 Å². The van der Waals surface area contributed by atoms with Crippen LogP contribution in [0.1, 0.15) is 36.2 Å². The lowest BCUT2D eigenvalue weighted by Gasteiger charge is -2.05. The summed E-state index contributed by atoms with van der Waals surface area (Å²) in [7, 11) is 0. The SMILES string of the molecule is NC(=O)c1oc2ccc(F)cc2c1NC(=O)CCCC1=CCCS1. The van der Waals surface area contributed by atoms with Crippen LogP contribution in [0, 0.1) is 5.82 Å². The molecule has 7 heteroatoms. The standard InChI is InChI=1S/C17H17FN2O3S/c18-10-6-7-13-12(9-10)15(16(23-13)17(19)22)20-14(21)5-1-3-11-4-2-8-24-11/h4,6-7,9H,1-3,5,8H2,(H2,19,22)(H,20,21). The fraction of sp³-hybridized carbons (Fsp3) is 0.294. The molecule has 1 aromatic carbocycles. The van der Waals surface area contributed by atoms with Gasteiger partial charge in [-0.25, -0.2) is 4.39 Å². The Bertz CT molecular complexity index is 829. The summed E-state index contributed by atoms with van der Waals surface area (Å²) < 4.78 is 18.8. The predicted octanol–water partition coefficient (Wildman–Crippen LogP) is 3.80. The van der Waals surface area contributed by atoms with E-state index in [2.05, 4.69) is 11.4 Å². The number of hydrogen-bond donors (Lipinski definition) is 2. The Morgan fingerprint density at radius 3 is 2.92 bits per heavy atom. The first kappa shape index (κ1) is 16.6. The quantitative estimate of drug-likeness (QED) is 0.831. The highest BCUT2D eigenvalue weighted by molar-refractivity contribution is 8.03. The van der Waals surface area contributed by atoms with Gasteiger partial charge in [-0.15, -0.1) is 11.8 Å². The summed E-state index contributed by atoms with van der Waals surface area (Å²) in [6, 6.07) is 3.83. The second-order valence-electron chi connectivity index (χ2n) is 5.52. The maximum absolute atomic E-state index is 13.5. The Morgan fingerprint density at radius 2 is 2.21 bits per heavy atom. The van der Waals surface area contributed by atoms with E-state index in [1.165, 1.54) is 23.1 Å². The molecule has 1 aliphatic heterocycles. The molecule has 0 saturated carbocycles. The third kappa shape index (κ3) is 3.62. The number of nitrogens with two attached hydrogens (primary N) is 1. The smallest absolute Gasteiger partial charge is 0.286 e. The highest BCUT2D eigenvalue weighted by atomic mass is 32.2. The topological polar surface area (TPSA) is 85.3 Å². The number of nitrogens with one attached hydrogen (secondary N) is 1. The Kier molecular flexibility index (Phi) is 4.89. The number of furan rings is 1. The van der Waals surface area contributed by atoms with Gasteiger partial charge in [0.1, 0.15) is 17.1 Å². The summed E-state index contributed by atoms with van der Waals surface area (Å²) >= 11 is 1.82. The number of rotatable bonds is 6. The van der Waals surface area contributed by atoms with Gasteiger partial charge in [-0.2, -0.15) is 0 Å². The molecule has 0 unspecified atom stereocenters. The molecule has 0 atom stereocenters. The summed E-state index contributed by atoms with van der Waals surface area (Å²) in [4.78, 5) is 25.0. The average molecular weight is 348 g/mol. The molecule has 1 aliphatic rings. The molecular formula is C17H17FN2O3S. The number of thioether (sulfide) groups is 1. The lowest BCUT2D eigenvalue weighted by molar-refractivity contribution is -0.116. The Hall–Kier alpha value is -2.28. The van der Waals surface area contributed by atoms with Gasteiger partial charge in [-0.1, -0.05) is 6.08 Å². The van der Waals surface area contributed by atoms with Crippen molar-refractivity contribution in [2.75, 3.05) is 11.1 Å². The normalized spacial score (nSPS) is 14.0. The number of amides is 2. The van der Waals surface area contributed by atoms with Gasteiger partial charge < -0.3 is 15.5 Å². The number of hydrogen-bond acceptors (Lipinski definition) is 4. The lowest BCUT2D eigenvalue weighted by atomic mass is 10.2. The van der Waals surface area contributed by atoms with E-state index in [-0.39, 0.29) is 17.4 Å². The number of carbonyl (C=O) groups is 2. The van der Waals surface area contributed by atoms with E-state index in [0.29, 0.717) is 23.8 Å². The second kappa shape index (κ2) is 7.09. The molecule has 3 rings (SSSR count). The van der Waals surface area contributed by atoms with Gasteiger partial charge in [0.2, 0.25) is 11.7 Å². The molecule has 0 radical (unpaired) electrons. The Morgan fingerprint density at radius 1 is 1.38 bits per heavy atom. The highest BCUT2D eigenvalue weighted by Gasteiger charge is 2.21. The van der Waals surface area contributed by atoms with Gasteiger partial charge in [0, 0.05) is 17.6 Å². The van der Waals surface area contributed by atoms with Crippen molar-refractivity contribution in [3.8, 4) is 0 Å². The number of carbonyl (C=O) groups excluding carboxylic acids is 2. The van der Waals surface area contributed by atoms with Crippen molar-refractivity contribution in [2.24, 2.45) is 5.73 Å². The van der Waals surface area contributed by atoms with Crippen molar-refractivity contribution in [3.63, 3.8) is 0 Å². The van der Waals surface area contributed by atoms with Gasteiger partial charge in [0.05, 0.1) is 0 Å². The lowest BCUT2D eigenvalue weighted by Crippen LogP contribution is -2.16. The molecule has 0 spiro atoms. The van der Waals surface area contributed by atoms with Crippen LogP contribution in [0.3, 0.4) is 0 Å². The van der Waals surface area contributed by atoms with Gasteiger partial charge in [-0.05, 0) is 42.4 Å². The van der Waals surface area contributed by atoms with Gasteiger partial charge in [0.25, 0.3) is 5.91 Å². The van der Waals surface area contributed by atoms with Crippen LogP contribution >= 0.6 is 11.8 Å². The van der Waals surface area contributed by atoms with Crippen LogP contribution in [0.2, 0.25) is 0 Å². The summed E-state index contributed by atoms with van der Waals surface area (Å²) in [5, 5.41) is 2.97. The molecule has 2 amide bonds. The predicted molar refractivity (Wildman–Crippen MR) is 92.3 cm³/mol. The molecule has 3 N–H and O–H groups in total. The number of allylic oxidation sites excluding steroid dienone is 2. The Balaban J connectivity index is 1.73. The number of halogens is 1. The molecule has 2 aromatic rings. The summed E-state index contributed by atoms with van der Waals surface area (Å²) in [5.74, 6) is -0.615. The minimum Gasteiger partial charge on any atom is -0.449 e. The molecule has 1 aromatic heterocycles. The maximum atomic E-state index is 13.5. The molecule has 24 heavy (non-hydrogen) atoms. The fourth-order valence-corrected chi connectivity index (χ4v) is 3.66. The summed E-state index contributed by atoms with van der Waals surface area (Å²) in [5.41, 5.74) is 5.72. The molecule has 0 bridgehead atoms. The second-order valence-corrected chi connectivity index (χ2v) is 6.74. The van der Waals surface area contributed by atoms with E-state index in [1.807, 2.05) is 11.8 Å². The van der Waals surface area contributed by atoms with E-state index < -0.39 is 11.7 Å². The minimum absolute atomic E-state index is 0.136. The van der Waals surface area contributed by atoms with Crippen LogP contribution < -0.4 is 11.1 Å². The van der Waals surface area contributed by atoms with Gasteiger partial charge >= 0.3 is 0 Å². The van der Waals surface area contributed by atoms with E-state index in [0.717, 1.165) is 18.6 Å². The van der Waals surface area contributed by atoms with Crippen molar-refractivity contribution in [1.29, 1.82) is 0 Å². The first-order valence-electron chi connectivity index (χ1n) is 7.68. The first-order chi connectivity index (χ1) is 11.5. The van der Waals surface area contributed by atoms with E-state index in [9.17, 15) is 14.0 Å². The molecule has 0 saturated heterocycles. The monoisotopic (exact) mass is 348 g/mol. The van der Waals surface area contributed by atoms with Gasteiger partial charge in [-0.3, -0.25) is 9.59 Å². The van der Waals surface area contributed by atoms with Crippen LogP contribution in [0.4, 0.5) is 10.1 Å². The van der Waals surface area contributed by atoms with E-state index in [1.54, 1.807) is 0 Å². The third-order valence-corrected chi connectivity index (χ3v) is 4.92. The van der Waals surface area contributed by atoms with Crippen LogP contribution in [0.25, 0.3) is 11.0 Å². The Labute approximate surface area is 142 Å². The number of benzene rings is 1. The van der Waals surface area contributed by atoms with Crippen molar-refractivity contribution in [1.82, 2.24) is 0 Å². The molecule has 2 heterocycles. The maximum Gasteiger partial charge on any atom is 0.286 e. The zero-order valence-electron chi connectivity index (χ0n) is 12.9. The van der Waals surface area contributed by atoms with E-state index >= 15 is 0 Å². The van der Waals surface area contributed by atoms with Crippen LogP contribution in [-0.4, -0.2) is 17.6 Å². The number of fused-ring (bicyclic) bond motifs is 1. The molecule has 5 nitrogen and oxygen atoms in total. The van der Waals surface area contributed by atoms with E-state index in [4.69, 9.17) is 10.2 Å².